The first-order valence-corrected chi connectivity index (χ1v) is 6.45. The predicted octanol–water partition coefficient (Wildman–Crippen LogP) is 1.17. The van der Waals surface area contributed by atoms with Crippen LogP contribution >= 0.6 is 11.5 Å². The number of nitrogens with two attached hydrogens (primary N) is 1. The molecule has 3 N–H and O–H groups in total. The van der Waals surface area contributed by atoms with E-state index in [4.69, 9.17) is 15.2 Å². The quantitative estimate of drug-likeness (QED) is 0.844. The number of hydrogen-bond donors (Lipinski definition) is 2. The normalized spacial score (nSPS) is 17.4. The van der Waals surface area contributed by atoms with Crippen molar-refractivity contribution in [2.75, 3.05) is 37.5 Å². The van der Waals surface area contributed by atoms with Crippen LogP contribution in [-0.2, 0) is 4.74 Å². The van der Waals surface area contributed by atoms with Gasteiger partial charge in [-0.15, -0.1) is 0 Å². The summed E-state index contributed by atoms with van der Waals surface area (Å²) in [6.07, 6.45) is 0.0824. The molecule has 1 saturated heterocycles. The summed E-state index contributed by atoms with van der Waals surface area (Å²) in [4.78, 5) is 0. The number of nitrogens with one attached hydrogen (secondary N) is 1. The molecular formula is C10H18N4O2S. The first kappa shape index (κ1) is 12.4. The van der Waals surface area contributed by atoms with E-state index in [0.717, 1.165) is 31.3 Å². The summed E-state index contributed by atoms with van der Waals surface area (Å²) in [7, 11) is 0. The number of hydrogen-bond acceptors (Lipinski definition) is 7. The fourth-order valence-corrected chi connectivity index (χ4v) is 2.21. The number of morpholine rings is 1. The van der Waals surface area contributed by atoms with Crippen molar-refractivity contribution < 1.29 is 9.47 Å². The molecule has 1 aliphatic rings. The molecule has 17 heavy (non-hydrogen) atoms. The van der Waals surface area contributed by atoms with Crippen LogP contribution in [0.2, 0.25) is 0 Å². The van der Waals surface area contributed by atoms with E-state index in [9.17, 15) is 0 Å². The Labute approximate surface area is 105 Å². The van der Waals surface area contributed by atoms with Gasteiger partial charge < -0.3 is 20.6 Å². The SMILES string of the molecule is CC(C)Oc1c(N)nsc1NN1CCOCC1. The zero-order valence-electron chi connectivity index (χ0n) is 10.1. The van der Waals surface area contributed by atoms with Crippen molar-refractivity contribution in [2.24, 2.45) is 0 Å². The Morgan fingerprint density at radius 3 is 2.82 bits per heavy atom. The number of nitrogen functional groups attached to an aromatic ring is 1. The van der Waals surface area contributed by atoms with Gasteiger partial charge in [-0.3, -0.25) is 0 Å². The minimum Gasteiger partial charge on any atom is -0.484 e. The molecule has 0 aromatic carbocycles. The maximum Gasteiger partial charge on any atom is 0.199 e. The second-order valence-corrected chi connectivity index (χ2v) is 4.88. The standard InChI is InChI=1S/C10H18N4O2S/c1-7(2)16-8-9(11)13-17-10(8)12-14-3-5-15-6-4-14/h7,12H,3-6H2,1-2H3,(H2,11,13). The monoisotopic (exact) mass is 258 g/mol. The van der Waals surface area contributed by atoms with Gasteiger partial charge in [0.25, 0.3) is 0 Å². The summed E-state index contributed by atoms with van der Waals surface area (Å²) in [6, 6.07) is 0. The van der Waals surface area contributed by atoms with Crippen molar-refractivity contribution in [1.29, 1.82) is 0 Å². The van der Waals surface area contributed by atoms with E-state index >= 15 is 0 Å². The highest BCUT2D eigenvalue weighted by Gasteiger charge is 2.18. The molecule has 96 valence electrons. The second kappa shape index (κ2) is 5.52. The van der Waals surface area contributed by atoms with Gasteiger partial charge >= 0.3 is 0 Å². The fraction of sp³-hybridized carbons (Fsp3) is 0.700. The Kier molecular flexibility index (Phi) is 4.03. The van der Waals surface area contributed by atoms with E-state index in [1.807, 2.05) is 13.8 Å². The Hall–Kier alpha value is -1.05. The van der Waals surface area contributed by atoms with E-state index < -0.39 is 0 Å². The van der Waals surface area contributed by atoms with Crippen LogP contribution in [0, 0.1) is 0 Å². The highest BCUT2D eigenvalue weighted by molar-refractivity contribution is 7.11. The number of rotatable bonds is 4. The Morgan fingerprint density at radius 1 is 1.47 bits per heavy atom. The fourth-order valence-electron chi connectivity index (χ4n) is 1.53. The average Bonchev–Trinajstić information content (AvgIpc) is 2.62. The zero-order valence-corrected chi connectivity index (χ0v) is 10.9. The molecule has 0 amide bonds. The van der Waals surface area contributed by atoms with Gasteiger partial charge in [0.2, 0.25) is 0 Å². The lowest BCUT2D eigenvalue weighted by molar-refractivity contribution is 0.0497. The maximum absolute atomic E-state index is 5.79. The largest absolute Gasteiger partial charge is 0.484 e. The van der Waals surface area contributed by atoms with Gasteiger partial charge in [-0.05, 0) is 25.4 Å². The molecule has 6 nitrogen and oxygen atoms in total. The molecule has 1 aromatic heterocycles. The van der Waals surface area contributed by atoms with Crippen molar-refractivity contribution in [3.05, 3.63) is 0 Å². The third-order valence-corrected chi connectivity index (χ3v) is 3.05. The van der Waals surface area contributed by atoms with Crippen molar-refractivity contribution in [2.45, 2.75) is 20.0 Å². The minimum absolute atomic E-state index is 0.0824. The van der Waals surface area contributed by atoms with Crippen LogP contribution in [0.3, 0.4) is 0 Å². The summed E-state index contributed by atoms with van der Waals surface area (Å²) in [5.41, 5.74) is 9.07. The number of ether oxygens (including phenoxy) is 2. The van der Waals surface area contributed by atoms with Crippen LogP contribution in [0.1, 0.15) is 13.8 Å². The summed E-state index contributed by atoms with van der Waals surface area (Å²) in [5.74, 6) is 1.09. The molecule has 2 heterocycles. The topological polar surface area (TPSA) is 72.6 Å². The number of hydrazine groups is 1. The number of aromatic nitrogens is 1. The molecule has 0 aliphatic carbocycles. The third-order valence-electron chi connectivity index (χ3n) is 2.30. The molecule has 0 saturated carbocycles. The Morgan fingerprint density at radius 2 is 2.18 bits per heavy atom. The van der Waals surface area contributed by atoms with E-state index in [1.54, 1.807) is 0 Å². The molecule has 0 spiro atoms. The molecule has 1 fully saturated rings. The summed E-state index contributed by atoms with van der Waals surface area (Å²) < 4.78 is 15.1. The van der Waals surface area contributed by atoms with E-state index in [1.165, 1.54) is 11.5 Å². The summed E-state index contributed by atoms with van der Waals surface area (Å²) in [5, 5.41) is 2.95. The van der Waals surface area contributed by atoms with Crippen molar-refractivity contribution >= 4 is 22.4 Å². The third kappa shape index (κ3) is 3.21. The van der Waals surface area contributed by atoms with Gasteiger partial charge in [-0.1, -0.05) is 0 Å². The molecule has 0 radical (unpaired) electrons. The molecule has 0 atom stereocenters. The maximum atomic E-state index is 5.79. The molecule has 1 aromatic rings. The molecule has 7 heteroatoms. The summed E-state index contributed by atoms with van der Waals surface area (Å²) >= 11 is 1.32. The van der Waals surface area contributed by atoms with E-state index in [0.29, 0.717) is 11.6 Å². The van der Waals surface area contributed by atoms with Crippen molar-refractivity contribution in [3.8, 4) is 5.75 Å². The zero-order chi connectivity index (χ0) is 12.3. The molecule has 1 aliphatic heterocycles. The van der Waals surface area contributed by atoms with Crippen LogP contribution in [-0.4, -0.2) is 41.8 Å². The highest BCUT2D eigenvalue weighted by Crippen LogP contribution is 2.36. The highest BCUT2D eigenvalue weighted by atomic mass is 32.1. The Bertz CT molecular complexity index is 363. The minimum atomic E-state index is 0.0824. The van der Waals surface area contributed by atoms with Crippen molar-refractivity contribution in [3.63, 3.8) is 0 Å². The Balaban J connectivity index is 2.04. The second-order valence-electron chi connectivity index (χ2n) is 4.10. The molecule has 0 bridgehead atoms. The lowest BCUT2D eigenvalue weighted by Gasteiger charge is -2.27. The first-order chi connectivity index (χ1) is 8.16. The average molecular weight is 258 g/mol. The van der Waals surface area contributed by atoms with Crippen LogP contribution in [0.25, 0.3) is 0 Å². The van der Waals surface area contributed by atoms with Crippen LogP contribution in [0.4, 0.5) is 10.8 Å². The molecule has 0 unspecified atom stereocenters. The van der Waals surface area contributed by atoms with Crippen LogP contribution in [0.5, 0.6) is 5.75 Å². The van der Waals surface area contributed by atoms with Gasteiger partial charge in [0.05, 0.1) is 19.3 Å². The smallest absolute Gasteiger partial charge is 0.199 e. The van der Waals surface area contributed by atoms with E-state index in [-0.39, 0.29) is 6.10 Å². The summed E-state index contributed by atoms with van der Waals surface area (Å²) in [6.45, 7) is 7.10. The number of nitrogens with zero attached hydrogens (tertiary/aromatic N) is 2. The molecular weight excluding hydrogens is 240 g/mol. The van der Waals surface area contributed by atoms with Gasteiger partial charge in [-0.25, -0.2) is 5.01 Å². The van der Waals surface area contributed by atoms with Crippen molar-refractivity contribution in [1.82, 2.24) is 9.38 Å². The van der Waals surface area contributed by atoms with Crippen LogP contribution < -0.4 is 15.9 Å². The first-order valence-electron chi connectivity index (χ1n) is 5.68. The molecule has 2 rings (SSSR count). The van der Waals surface area contributed by atoms with Gasteiger partial charge in [0, 0.05) is 13.1 Å². The van der Waals surface area contributed by atoms with Gasteiger partial charge in [0.15, 0.2) is 16.6 Å². The lowest BCUT2D eigenvalue weighted by Crippen LogP contribution is -2.40. The number of anilines is 2. The van der Waals surface area contributed by atoms with Crippen LogP contribution in [0.15, 0.2) is 0 Å². The van der Waals surface area contributed by atoms with E-state index in [2.05, 4.69) is 14.8 Å². The lowest BCUT2D eigenvalue weighted by atomic mass is 10.4. The predicted molar refractivity (Wildman–Crippen MR) is 68.3 cm³/mol. The van der Waals surface area contributed by atoms with Gasteiger partial charge in [0.1, 0.15) is 0 Å². The van der Waals surface area contributed by atoms with Gasteiger partial charge in [-0.2, -0.15) is 4.37 Å².